The molecule has 3 nitrogen and oxygen atoms in total. The maximum absolute atomic E-state index is 12.8. The van der Waals surface area contributed by atoms with Crippen LogP contribution in [0, 0.1) is 5.82 Å². The van der Waals surface area contributed by atoms with Gasteiger partial charge in [0.15, 0.2) is 0 Å². The van der Waals surface area contributed by atoms with Crippen molar-refractivity contribution < 1.29 is 8.81 Å². The molecule has 5 heteroatoms. The lowest BCUT2D eigenvalue weighted by molar-refractivity contribution is 0.528. The van der Waals surface area contributed by atoms with Gasteiger partial charge in [0.2, 0.25) is 11.8 Å². The predicted octanol–water partition coefficient (Wildman–Crippen LogP) is 4.17. The van der Waals surface area contributed by atoms with Crippen LogP contribution in [-0.2, 0) is 5.75 Å². The van der Waals surface area contributed by atoms with Crippen LogP contribution in [0.5, 0.6) is 0 Å². The first-order valence-corrected chi connectivity index (χ1v) is 7.06. The van der Waals surface area contributed by atoms with Gasteiger partial charge in [-0.05, 0) is 36.4 Å². The Morgan fingerprint density at radius 3 is 2.45 bits per heavy atom. The van der Waals surface area contributed by atoms with Crippen molar-refractivity contribution in [2.24, 2.45) is 0 Å². The molecule has 20 heavy (non-hydrogen) atoms. The molecular weight excluding hydrogens is 275 g/mol. The standard InChI is InChI=1S/C15H11FN2OS/c16-12-8-6-11(7-9-12)15-18-17-14(19-15)10-20-13-4-2-1-3-5-13/h1-9H,10H2. The highest BCUT2D eigenvalue weighted by Gasteiger charge is 2.08. The molecule has 2 aromatic carbocycles. The van der Waals surface area contributed by atoms with Crippen LogP contribution in [0.4, 0.5) is 4.39 Å². The maximum atomic E-state index is 12.8. The summed E-state index contributed by atoms with van der Waals surface area (Å²) in [4.78, 5) is 1.15. The summed E-state index contributed by atoms with van der Waals surface area (Å²) < 4.78 is 18.4. The minimum atomic E-state index is -0.284. The zero-order valence-electron chi connectivity index (χ0n) is 10.5. The van der Waals surface area contributed by atoms with Gasteiger partial charge >= 0.3 is 0 Å². The molecule has 0 aliphatic carbocycles. The van der Waals surface area contributed by atoms with Gasteiger partial charge in [-0.25, -0.2) is 4.39 Å². The van der Waals surface area contributed by atoms with Crippen LogP contribution in [-0.4, -0.2) is 10.2 Å². The highest BCUT2D eigenvalue weighted by molar-refractivity contribution is 7.98. The summed E-state index contributed by atoms with van der Waals surface area (Å²) in [6, 6.07) is 16.0. The van der Waals surface area contributed by atoms with E-state index in [2.05, 4.69) is 10.2 Å². The summed E-state index contributed by atoms with van der Waals surface area (Å²) in [6.07, 6.45) is 0. The number of benzene rings is 2. The molecule has 0 atom stereocenters. The van der Waals surface area contributed by atoms with E-state index < -0.39 is 0 Å². The third-order valence-electron chi connectivity index (χ3n) is 2.66. The molecule has 0 aliphatic heterocycles. The summed E-state index contributed by atoms with van der Waals surface area (Å²) in [7, 11) is 0. The van der Waals surface area contributed by atoms with Crippen molar-refractivity contribution in [3.63, 3.8) is 0 Å². The van der Waals surface area contributed by atoms with Crippen molar-refractivity contribution in [1.29, 1.82) is 0 Å². The van der Waals surface area contributed by atoms with Gasteiger partial charge in [-0.15, -0.1) is 22.0 Å². The predicted molar refractivity (Wildman–Crippen MR) is 75.7 cm³/mol. The van der Waals surface area contributed by atoms with Crippen molar-refractivity contribution >= 4 is 11.8 Å². The molecule has 0 fully saturated rings. The molecule has 0 saturated heterocycles. The lowest BCUT2D eigenvalue weighted by Crippen LogP contribution is -1.79. The molecule has 0 N–H and O–H groups in total. The van der Waals surface area contributed by atoms with E-state index in [1.807, 2.05) is 30.3 Å². The number of nitrogens with zero attached hydrogens (tertiary/aromatic N) is 2. The summed E-state index contributed by atoms with van der Waals surface area (Å²) in [5.74, 6) is 1.29. The quantitative estimate of drug-likeness (QED) is 0.675. The fraction of sp³-hybridized carbons (Fsp3) is 0.0667. The maximum Gasteiger partial charge on any atom is 0.247 e. The Balaban J connectivity index is 1.69. The highest BCUT2D eigenvalue weighted by Crippen LogP contribution is 2.24. The van der Waals surface area contributed by atoms with Crippen molar-refractivity contribution in [3.05, 3.63) is 66.3 Å². The molecular formula is C15H11FN2OS. The van der Waals surface area contributed by atoms with Gasteiger partial charge in [0, 0.05) is 10.5 Å². The fourth-order valence-electron chi connectivity index (χ4n) is 1.68. The summed E-state index contributed by atoms with van der Waals surface area (Å²) in [5, 5.41) is 7.97. The average molecular weight is 286 g/mol. The van der Waals surface area contributed by atoms with Gasteiger partial charge in [0.25, 0.3) is 0 Å². The summed E-state index contributed by atoms with van der Waals surface area (Å²) >= 11 is 1.63. The van der Waals surface area contributed by atoms with Crippen LogP contribution in [0.25, 0.3) is 11.5 Å². The zero-order valence-corrected chi connectivity index (χ0v) is 11.3. The molecule has 3 aromatic rings. The topological polar surface area (TPSA) is 38.9 Å². The summed E-state index contributed by atoms with van der Waals surface area (Å²) in [5.41, 5.74) is 0.717. The lowest BCUT2D eigenvalue weighted by Gasteiger charge is -1.97. The fourth-order valence-corrected chi connectivity index (χ4v) is 2.44. The first kappa shape index (κ1) is 12.9. The molecule has 0 aliphatic rings. The molecule has 100 valence electrons. The van der Waals surface area contributed by atoms with Gasteiger partial charge in [0.1, 0.15) is 5.82 Å². The third-order valence-corrected chi connectivity index (χ3v) is 3.66. The Labute approximate surface area is 119 Å². The Bertz CT molecular complexity index is 683. The van der Waals surface area contributed by atoms with Crippen LogP contribution < -0.4 is 0 Å². The second-order valence-electron chi connectivity index (χ2n) is 4.11. The van der Waals surface area contributed by atoms with E-state index in [0.29, 0.717) is 17.5 Å². The SMILES string of the molecule is Fc1ccc(-c2nnc(CSc3ccccc3)o2)cc1. The average Bonchev–Trinajstić information content (AvgIpc) is 2.96. The molecule has 0 spiro atoms. The van der Waals surface area contributed by atoms with Gasteiger partial charge < -0.3 is 4.42 Å². The van der Waals surface area contributed by atoms with E-state index in [1.54, 1.807) is 23.9 Å². The Kier molecular flexibility index (Phi) is 3.78. The third kappa shape index (κ3) is 3.05. The molecule has 1 heterocycles. The number of hydrogen-bond acceptors (Lipinski definition) is 4. The highest BCUT2D eigenvalue weighted by atomic mass is 32.2. The van der Waals surface area contributed by atoms with Crippen LogP contribution in [0.1, 0.15) is 5.89 Å². The minimum Gasteiger partial charge on any atom is -0.420 e. The van der Waals surface area contributed by atoms with Crippen LogP contribution in [0.3, 0.4) is 0 Å². The largest absolute Gasteiger partial charge is 0.420 e. The molecule has 0 saturated carbocycles. The Morgan fingerprint density at radius 1 is 0.950 bits per heavy atom. The molecule has 1 aromatic heterocycles. The van der Waals surface area contributed by atoms with Crippen LogP contribution in [0.2, 0.25) is 0 Å². The Hall–Kier alpha value is -2.14. The van der Waals surface area contributed by atoms with E-state index in [0.717, 1.165) is 10.5 Å². The number of hydrogen-bond donors (Lipinski definition) is 0. The van der Waals surface area contributed by atoms with Crippen molar-refractivity contribution in [2.75, 3.05) is 0 Å². The van der Waals surface area contributed by atoms with Gasteiger partial charge in [-0.3, -0.25) is 0 Å². The Morgan fingerprint density at radius 2 is 1.70 bits per heavy atom. The van der Waals surface area contributed by atoms with Gasteiger partial charge in [-0.1, -0.05) is 18.2 Å². The number of thioether (sulfide) groups is 1. The summed E-state index contributed by atoms with van der Waals surface area (Å²) in [6.45, 7) is 0. The van der Waals surface area contributed by atoms with E-state index in [4.69, 9.17) is 4.42 Å². The van der Waals surface area contributed by atoms with Gasteiger partial charge in [0.05, 0.1) is 5.75 Å². The molecule has 0 amide bonds. The van der Waals surface area contributed by atoms with Crippen LogP contribution >= 0.6 is 11.8 Å². The second-order valence-corrected chi connectivity index (χ2v) is 5.16. The smallest absolute Gasteiger partial charge is 0.247 e. The lowest BCUT2D eigenvalue weighted by atomic mass is 10.2. The number of aromatic nitrogens is 2. The minimum absolute atomic E-state index is 0.284. The monoisotopic (exact) mass is 286 g/mol. The zero-order chi connectivity index (χ0) is 13.8. The second kappa shape index (κ2) is 5.88. The molecule has 3 rings (SSSR count). The van der Waals surface area contributed by atoms with E-state index in [1.165, 1.54) is 12.1 Å². The molecule has 0 radical (unpaired) electrons. The van der Waals surface area contributed by atoms with E-state index in [-0.39, 0.29) is 5.82 Å². The first-order valence-electron chi connectivity index (χ1n) is 6.07. The number of halogens is 1. The first-order chi connectivity index (χ1) is 9.81. The van der Waals surface area contributed by atoms with Gasteiger partial charge in [-0.2, -0.15) is 0 Å². The molecule has 0 bridgehead atoms. The van der Waals surface area contributed by atoms with E-state index in [9.17, 15) is 4.39 Å². The number of rotatable bonds is 4. The normalized spacial score (nSPS) is 10.7. The van der Waals surface area contributed by atoms with Crippen molar-refractivity contribution in [1.82, 2.24) is 10.2 Å². The molecule has 0 unspecified atom stereocenters. The van der Waals surface area contributed by atoms with Crippen molar-refractivity contribution in [2.45, 2.75) is 10.6 Å². The van der Waals surface area contributed by atoms with E-state index >= 15 is 0 Å². The van der Waals surface area contributed by atoms with Crippen molar-refractivity contribution in [3.8, 4) is 11.5 Å². The van der Waals surface area contributed by atoms with Crippen LogP contribution in [0.15, 0.2) is 63.9 Å².